The average Bonchev–Trinajstić information content (AvgIpc) is 2.54. The summed E-state index contributed by atoms with van der Waals surface area (Å²) in [6.45, 7) is 5.34. The number of anilines is 1. The van der Waals surface area contributed by atoms with Crippen LogP contribution in [0.5, 0.6) is 0 Å². The van der Waals surface area contributed by atoms with Crippen molar-refractivity contribution in [1.29, 1.82) is 0 Å². The fourth-order valence-corrected chi connectivity index (χ4v) is 2.17. The number of rotatable bonds is 6. The Morgan fingerprint density at radius 2 is 1.88 bits per heavy atom. The molecule has 25 heavy (non-hydrogen) atoms. The van der Waals surface area contributed by atoms with E-state index in [9.17, 15) is 9.59 Å². The van der Waals surface area contributed by atoms with Crippen molar-refractivity contribution in [1.82, 2.24) is 10.6 Å². The topological polar surface area (TPSA) is 79.5 Å². The molecule has 10 heteroatoms. The van der Waals surface area contributed by atoms with Gasteiger partial charge in [-0.25, -0.2) is 4.79 Å². The maximum absolute atomic E-state index is 11.6. The van der Waals surface area contributed by atoms with Crippen molar-refractivity contribution >= 4 is 69.7 Å². The van der Waals surface area contributed by atoms with E-state index < -0.39 is 21.8 Å². The smallest absolute Gasteiger partial charge is 0.338 e. The van der Waals surface area contributed by atoms with Crippen LogP contribution in [-0.2, 0) is 9.53 Å². The summed E-state index contributed by atoms with van der Waals surface area (Å²) in [5.74, 6) is -0.955. The Labute approximate surface area is 165 Å². The minimum atomic E-state index is -1.85. The van der Waals surface area contributed by atoms with E-state index in [0.29, 0.717) is 17.9 Å². The summed E-state index contributed by atoms with van der Waals surface area (Å²) < 4.78 is 3.05. The predicted molar refractivity (Wildman–Crippen MR) is 104 cm³/mol. The highest BCUT2D eigenvalue weighted by molar-refractivity contribution is 7.80. The number of esters is 1. The number of carbonyl (C=O) groups excluding carboxylic acids is 2. The van der Waals surface area contributed by atoms with Crippen molar-refractivity contribution in [2.75, 3.05) is 11.9 Å². The van der Waals surface area contributed by atoms with Crippen LogP contribution in [-0.4, -0.2) is 33.6 Å². The van der Waals surface area contributed by atoms with Crippen LogP contribution in [0.2, 0.25) is 0 Å². The van der Waals surface area contributed by atoms with Crippen molar-refractivity contribution in [3.05, 3.63) is 42.5 Å². The Kier molecular flexibility index (Phi) is 8.44. The Hall–Kier alpha value is -1.54. The van der Waals surface area contributed by atoms with Crippen molar-refractivity contribution in [3.8, 4) is 0 Å². The van der Waals surface area contributed by atoms with Gasteiger partial charge in [0.2, 0.25) is 9.70 Å². The first-order chi connectivity index (χ1) is 11.7. The van der Waals surface area contributed by atoms with Crippen LogP contribution in [0.1, 0.15) is 17.3 Å². The molecule has 1 atom stereocenters. The number of alkyl halides is 3. The van der Waals surface area contributed by atoms with Crippen LogP contribution in [0.15, 0.2) is 36.9 Å². The lowest BCUT2D eigenvalue weighted by molar-refractivity contribution is -0.117. The van der Waals surface area contributed by atoms with Crippen molar-refractivity contribution in [3.63, 3.8) is 0 Å². The summed E-state index contributed by atoms with van der Waals surface area (Å²) in [6.07, 6.45) is -0.0443. The molecule has 1 aromatic carbocycles. The van der Waals surface area contributed by atoms with Crippen LogP contribution < -0.4 is 16.0 Å². The number of hydrogen-bond donors (Lipinski definition) is 3. The molecule has 0 spiro atoms. The van der Waals surface area contributed by atoms with Gasteiger partial charge in [0.1, 0.15) is 6.17 Å². The van der Waals surface area contributed by atoms with E-state index >= 15 is 0 Å². The Balaban J connectivity index is 2.72. The average molecular weight is 425 g/mol. The third kappa shape index (κ3) is 7.48. The molecule has 0 saturated heterocycles. The molecule has 136 valence electrons. The summed E-state index contributed by atoms with van der Waals surface area (Å²) >= 11 is 22.6. The first-order valence-electron chi connectivity index (χ1n) is 7.01. The van der Waals surface area contributed by atoms with E-state index in [1.807, 2.05) is 0 Å². The zero-order chi connectivity index (χ0) is 19.0. The van der Waals surface area contributed by atoms with Crippen LogP contribution >= 0.6 is 47.0 Å². The Bertz CT molecular complexity index is 648. The van der Waals surface area contributed by atoms with Gasteiger partial charge in [-0.1, -0.05) is 41.4 Å². The molecular formula is C15H16Cl3N3O3S. The number of halogens is 3. The molecule has 0 aliphatic carbocycles. The first kappa shape index (κ1) is 21.5. The highest BCUT2D eigenvalue weighted by Gasteiger charge is 2.34. The Morgan fingerprint density at radius 1 is 1.28 bits per heavy atom. The number of thiocarbonyl (C=S) groups is 1. The number of amides is 1. The van der Waals surface area contributed by atoms with E-state index in [1.54, 1.807) is 31.2 Å². The zero-order valence-corrected chi connectivity index (χ0v) is 16.2. The fraction of sp³-hybridized carbons (Fsp3) is 0.267. The summed E-state index contributed by atoms with van der Waals surface area (Å²) in [5.41, 5.74) is 0.993. The molecule has 0 saturated carbocycles. The molecule has 0 fully saturated rings. The molecule has 1 rings (SSSR count). The summed E-state index contributed by atoms with van der Waals surface area (Å²) in [7, 11) is 0. The quantitative estimate of drug-likeness (QED) is 0.214. The molecule has 1 unspecified atom stereocenters. The standard InChI is InChI=1S/C15H16Cl3N3O3S/c1-3-11(22)20-13(15(16,17)18)21-14(25)19-10-7-5-9(6-8-10)12(23)24-4-2/h3,5-8,13H,1,4H2,2H3,(H,20,22)(H2,19,21,25). The van der Waals surface area contributed by atoms with Crippen LogP contribution in [0.3, 0.4) is 0 Å². The van der Waals surface area contributed by atoms with Gasteiger partial charge in [-0.2, -0.15) is 0 Å². The van der Waals surface area contributed by atoms with Gasteiger partial charge in [0.15, 0.2) is 5.11 Å². The van der Waals surface area contributed by atoms with Crippen molar-refractivity contribution < 1.29 is 14.3 Å². The van der Waals surface area contributed by atoms with Gasteiger partial charge in [0.05, 0.1) is 12.2 Å². The zero-order valence-electron chi connectivity index (χ0n) is 13.1. The lowest BCUT2D eigenvalue weighted by atomic mass is 10.2. The third-order valence-corrected chi connectivity index (χ3v) is 3.60. The van der Waals surface area contributed by atoms with Crippen molar-refractivity contribution in [2.45, 2.75) is 16.9 Å². The molecule has 0 aliphatic heterocycles. The molecule has 1 amide bonds. The number of benzene rings is 1. The SMILES string of the molecule is C=CC(=O)NC(NC(=S)Nc1ccc(C(=O)OCC)cc1)C(Cl)(Cl)Cl. The van der Waals surface area contributed by atoms with Gasteiger partial charge >= 0.3 is 5.97 Å². The van der Waals surface area contributed by atoms with Gasteiger partial charge in [-0.3, -0.25) is 4.79 Å². The Morgan fingerprint density at radius 3 is 2.36 bits per heavy atom. The summed E-state index contributed by atoms with van der Waals surface area (Å²) in [5, 5.41) is 8.04. The monoisotopic (exact) mass is 423 g/mol. The minimum Gasteiger partial charge on any atom is -0.462 e. The van der Waals surface area contributed by atoms with E-state index in [2.05, 4.69) is 22.5 Å². The first-order valence-corrected chi connectivity index (χ1v) is 8.56. The fourth-order valence-electron chi connectivity index (χ4n) is 1.60. The maximum Gasteiger partial charge on any atom is 0.338 e. The molecule has 0 heterocycles. The summed E-state index contributed by atoms with van der Waals surface area (Å²) in [6, 6.07) is 6.42. The highest BCUT2D eigenvalue weighted by atomic mass is 35.6. The number of ether oxygens (including phenoxy) is 1. The normalized spacial score (nSPS) is 11.8. The van der Waals surface area contributed by atoms with Gasteiger partial charge in [-0.15, -0.1) is 0 Å². The van der Waals surface area contributed by atoms with Crippen LogP contribution in [0, 0.1) is 0 Å². The van der Waals surface area contributed by atoms with E-state index in [4.69, 9.17) is 51.8 Å². The molecule has 1 aromatic rings. The molecule has 3 N–H and O–H groups in total. The molecule has 0 aromatic heterocycles. The van der Waals surface area contributed by atoms with Gasteiger partial charge in [0, 0.05) is 5.69 Å². The second-order valence-corrected chi connectivity index (χ2v) is 7.36. The predicted octanol–water partition coefficient (Wildman–Crippen LogP) is 3.15. The molecule has 6 nitrogen and oxygen atoms in total. The maximum atomic E-state index is 11.6. The van der Waals surface area contributed by atoms with Gasteiger partial charge < -0.3 is 20.7 Å². The minimum absolute atomic E-state index is 0.101. The second-order valence-electron chi connectivity index (χ2n) is 4.58. The summed E-state index contributed by atoms with van der Waals surface area (Å²) in [4.78, 5) is 23.0. The molecular weight excluding hydrogens is 409 g/mol. The van der Waals surface area contributed by atoms with Crippen molar-refractivity contribution in [2.24, 2.45) is 0 Å². The van der Waals surface area contributed by atoms with Gasteiger partial charge in [-0.05, 0) is 49.5 Å². The highest BCUT2D eigenvalue weighted by Crippen LogP contribution is 2.29. The van der Waals surface area contributed by atoms with E-state index in [0.717, 1.165) is 6.08 Å². The van der Waals surface area contributed by atoms with Gasteiger partial charge in [0.25, 0.3) is 0 Å². The number of carbonyl (C=O) groups is 2. The lowest BCUT2D eigenvalue weighted by Crippen LogP contribution is -2.55. The van der Waals surface area contributed by atoms with E-state index in [1.165, 1.54) is 0 Å². The van der Waals surface area contributed by atoms with E-state index in [-0.39, 0.29) is 5.11 Å². The molecule has 0 radical (unpaired) electrons. The molecule has 0 aliphatic rings. The largest absolute Gasteiger partial charge is 0.462 e. The van der Waals surface area contributed by atoms with Crippen LogP contribution in [0.25, 0.3) is 0 Å². The number of nitrogens with one attached hydrogen (secondary N) is 3. The van der Waals surface area contributed by atoms with Crippen LogP contribution in [0.4, 0.5) is 5.69 Å². The lowest BCUT2D eigenvalue weighted by Gasteiger charge is -2.27. The second kappa shape index (κ2) is 9.82. The number of hydrogen-bond acceptors (Lipinski definition) is 4. The molecule has 0 bridgehead atoms. The third-order valence-electron chi connectivity index (χ3n) is 2.73.